The van der Waals surface area contributed by atoms with Gasteiger partial charge in [0.1, 0.15) is 12.4 Å². The summed E-state index contributed by atoms with van der Waals surface area (Å²) in [6.45, 7) is 3.18. The summed E-state index contributed by atoms with van der Waals surface area (Å²) in [4.78, 5) is 39.1. The van der Waals surface area contributed by atoms with Crippen molar-refractivity contribution in [3.8, 4) is 0 Å². The van der Waals surface area contributed by atoms with Crippen LogP contribution in [0.2, 0.25) is 0 Å². The highest BCUT2D eigenvalue weighted by molar-refractivity contribution is 6.01. The standard InChI is InChI=1S/C25H31NO8/c1-18(24(29)26-20(17-33-25(26)30)16-19-6-3-2-4-7-19)23-22(28)10-9-21(34-23)8-5-12-31-14-15-32-13-11-27/h2-4,6-10,18,20,23,27H,5,11-17H2,1H3/t18-,20-,23-/m1/s1. The zero-order valence-electron chi connectivity index (χ0n) is 19.3. The average molecular weight is 474 g/mol. The predicted octanol–water partition coefficient (Wildman–Crippen LogP) is 2.04. The van der Waals surface area contributed by atoms with E-state index in [1.54, 1.807) is 19.1 Å². The Morgan fingerprint density at radius 1 is 1.15 bits per heavy atom. The molecule has 1 N–H and O–H groups in total. The molecule has 2 aliphatic rings. The molecule has 3 rings (SSSR count). The SMILES string of the molecule is C[C@@H](C(=O)N1C(=O)OC[C@H]1Cc1ccccc1)[C@H]1OC(=CCCOCCOCCO)C=CC1=O. The van der Waals surface area contributed by atoms with Crippen LogP contribution in [0.25, 0.3) is 0 Å². The lowest BCUT2D eigenvalue weighted by atomic mass is 9.96. The molecule has 0 bridgehead atoms. The Labute approximate surface area is 198 Å². The van der Waals surface area contributed by atoms with Gasteiger partial charge in [0, 0.05) is 0 Å². The largest absolute Gasteiger partial charge is 0.482 e. The molecule has 0 aromatic heterocycles. The van der Waals surface area contributed by atoms with Gasteiger partial charge in [-0.25, -0.2) is 9.69 Å². The highest BCUT2D eigenvalue weighted by Crippen LogP contribution is 2.25. The fraction of sp³-hybridized carbons (Fsp3) is 0.480. The van der Waals surface area contributed by atoms with Gasteiger partial charge in [0.05, 0.1) is 45.0 Å². The van der Waals surface area contributed by atoms with Gasteiger partial charge in [0.2, 0.25) is 5.91 Å². The molecule has 9 nitrogen and oxygen atoms in total. The van der Waals surface area contributed by atoms with Crippen LogP contribution in [-0.2, 0) is 35.0 Å². The molecular formula is C25H31NO8. The maximum atomic E-state index is 13.2. The van der Waals surface area contributed by atoms with E-state index in [0.29, 0.717) is 38.4 Å². The van der Waals surface area contributed by atoms with Crippen molar-refractivity contribution in [2.24, 2.45) is 5.92 Å². The molecule has 0 unspecified atom stereocenters. The van der Waals surface area contributed by atoms with E-state index in [-0.39, 0.29) is 25.6 Å². The van der Waals surface area contributed by atoms with E-state index in [1.165, 1.54) is 6.08 Å². The van der Waals surface area contributed by atoms with Gasteiger partial charge in [-0.2, -0.15) is 0 Å². The molecular weight excluding hydrogens is 442 g/mol. The number of aliphatic hydroxyl groups excluding tert-OH is 1. The fourth-order valence-corrected chi connectivity index (χ4v) is 3.75. The first-order valence-electron chi connectivity index (χ1n) is 11.4. The minimum atomic E-state index is -1.03. The van der Waals surface area contributed by atoms with Crippen molar-refractivity contribution in [2.75, 3.05) is 39.6 Å². The number of carbonyl (C=O) groups is 3. The fourth-order valence-electron chi connectivity index (χ4n) is 3.75. The van der Waals surface area contributed by atoms with Crippen LogP contribution in [0.3, 0.4) is 0 Å². The lowest BCUT2D eigenvalue weighted by Crippen LogP contribution is -2.48. The number of hydrogen-bond acceptors (Lipinski definition) is 8. The van der Waals surface area contributed by atoms with Crippen LogP contribution >= 0.6 is 0 Å². The molecule has 3 atom stereocenters. The minimum absolute atomic E-state index is 0.0246. The molecule has 2 aliphatic heterocycles. The lowest BCUT2D eigenvalue weighted by molar-refractivity contribution is -0.142. The first-order chi connectivity index (χ1) is 16.5. The third-order valence-corrected chi connectivity index (χ3v) is 5.53. The van der Waals surface area contributed by atoms with Crippen molar-refractivity contribution in [1.82, 2.24) is 4.90 Å². The van der Waals surface area contributed by atoms with Crippen molar-refractivity contribution in [3.63, 3.8) is 0 Å². The molecule has 1 aromatic rings. The van der Waals surface area contributed by atoms with Crippen LogP contribution in [0.15, 0.2) is 54.3 Å². The van der Waals surface area contributed by atoms with Crippen LogP contribution in [0.5, 0.6) is 0 Å². The Hall–Kier alpha value is -3.01. The predicted molar refractivity (Wildman–Crippen MR) is 122 cm³/mol. The number of benzene rings is 1. The van der Waals surface area contributed by atoms with Crippen LogP contribution in [0.4, 0.5) is 4.79 Å². The summed E-state index contributed by atoms with van der Waals surface area (Å²) in [5.74, 6) is -1.23. The van der Waals surface area contributed by atoms with Crippen molar-refractivity contribution in [2.45, 2.75) is 31.9 Å². The molecule has 2 amide bonds. The number of aliphatic hydroxyl groups is 1. The number of allylic oxidation sites excluding steroid dienone is 1. The van der Waals surface area contributed by atoms with Crippen LogP contribution in [0, 0.1) is 5.92 Å². The Balaban J connectivity index is 1.55. The zero-order valence-corrected chi connectivity index (χ0v) is 19.3. The summed E-state index contributed by atoms with van der Waals surface area (Å²) in [7, 11) is 0. The van der Waals surface area contributed by atoms with Crippen molar-refractivity contribution in [1.29, 1.82) is 0 Å². The number of amides is 2. The van der Waals surface area contributed by atoms with E-state index in [2.05, 4.69) is 0 Å². The molecule has 184 valence electrons. The second kappa shape index (κ2) is 13.0. The molecule has 1 aromatic carbocycles. The minimum Gasteiger partial charge on any atom is -0.482 e. The van der Waals surface area contributed by atoms with Crippen LogP contribution < -0.4 is 0 Å². The number of carbonyl (C=O) groups excluding carboxylic acids is 3. The van der Waals surface area contributed by atoms with E-state index in [4.69, 9.17) is 24.1 Å². The third-order valence-electron chi connectivity index (χ3n) is 5.53. The Kier molecular flexibility index (Phi) is 9.81. The van der Waals surface area contributed by atoms with E-state index >= 15 is 0 Å². The number of ketones is 1. The molecule has 0 spiro atoms. The Morgan fingerprint density at radius 3 is 2.62 bits per heavy atom. The number of hydrogen-bond donors (Lipinski definition) is 1. The lowest BCUT2D eigenvalue weighted by Gasteiger charge is -2.29. The van der Waals surface area contributed by atoms with Gasteiger partial charge in [-0.3, -0.25) is 9.59 Å². The second-order valence-electron chi connectivity index (χ2n) is 8.04. The van der Waals surface area contributed by atoms with E-state index < -0.39 is 30.1 Å². The first kappa shape index (κ1) is 25.6. The highest BCUT2D eigenvalue weighted by atomic mass is 16.6. The monoisotopic (exact) mass is 473 g/mol. The van der Waals surface area contributed by atoms with Crippen molar-refractivity contribution in [3.05, 3.63) is 59.9 Å². The molecule has 0 aliphatic carbocycles. The number of ether oxygens (including phenoxy) is 4. The normalized spacial score (nSPS) is 22.1. The summed E-state index contributed by atoms with van der Waals surface area (Å²) in [5.41, 5.74) is 0.983. The van der Waals surface area contributed by atoms with Gasteiger partial charge in [-0.05, 0) is 43.6 Å². The van der Waals surface area contributed by atoms with Crippen LogP contribution in [0.1, 0.15) is 18.9 Å². The second-order valence-corrected chi connectivity index (χ2v) is 8.04. The quantitative estimate of drug-likeness (QED) is 0.459. The van der Waals surface area contributed by atoms with Gasteiger partial charge in [-0.15, -0.1) is 0 Å². The van der Waals surface area contributed by atoms with Gasteiger partial charge < -0.3 is 24.1 Å². The van der Waals surface area contributed by atoms with E-state index in [1.807, 2.05) is 30.3 Å². The number of rotatable bonds is 12. The summed E-state index contributed by atoms with van der Waals surface area (Å²) in [6, 6.07) is 9.11. The zero-order chi connectivity index (χ0) is 24.3. The molecule has 0 saturated carbocycles. The summed E-state index contributed by atoms with van der Waals surface area (Å²) in [5, 5.41) is 8.65. The highest BCUT2D eigenvalue weighted by Gasteiger charge is 2.43. The topological polar surface area (TPSA) is 112 Å². The summed E-state index contributed by atoms with van der Waals surface area (Å²) < 4.78 is 21.5. The number of cyclic esters (lactones) is 1. The van der Waals surface area contributed by atoms with Gasteiger partial charge >= 0.3 is 6.09 Å². The summed E-state index contributed by atoms with van der Waals surface area (Å²) >= 11 is 0. The molecule has 34 heavy (non-hydrogen) atoms. The molecule has 1 fully saturated rings. The van der Waals surface area contributed by atoms with Crippen molar-refractivity contribution < 1.29 is 38.4 Å². The van der Waals surface area contributed by atoms with E-state index in [9.17, 15) is 14.4 Å². The maximum Gasteiger partial charge on any atom is 0.416 e. The molecule has 1 saturated heterocycles. The van der Waals surface area contributed by atoms with Gasteiger partial charge in [0.15, 0.2) is 11.9 Å². The first-order valence-corrected chi connectivity index (χ1v) is 11.4. The summed E-state index contributed by atoms with van der Waals surface area (Å²) in [6.07, 6.45) is 4.01. The maximum absolute atomic E-state index is 13.2. The third kappa shape index (κ3) is 6.99. The van der Waals surface area contributed by atoms with Gasteiger partial charge in [0.25, 0.3) is 0 Å². The molecule has 2 heterocycles. The van der Waals surface area contributed by atoms with E-state index in [0.717, 1.165) is 10.5 Å². The van der Waals surface area contributed by atoms with Crippen molar-refractivity contribution >= 4 is 17.8 Å². The van der Waals surface area contributed by atoms with Gasteiger partial charge in [-0.1, -0.05) is 30.3 Å². The smallest absolute Gasteiger partial charge is 0.416 e. The number of imide groups is 1. The Bertz CT molecular complexity index is 897. The Morgan fingerprint density at radius 2 is 1.88 bits per heavy atom. The molecule has 0 radical (unpaired) electrons. The molecule has 9 heteroatoms. The van der Waals surface area contributed by atoms with Crippen LogP contribution in [-0.4, -0.2) is 79.6 Å². The average Bonchev–Trinajstić information content (AvgIpc) is 3.21. The number of nitrogens with zero attached hydrogens (tertiary/aromatic N) is 1.